The van der Waals surface area contributed by atoms with E-state index in [2.05, 4.69) is 22.4 Å². The molecule has 1 aromatic heterocycles. The van der Waals surface area contributed by atoms with E-state index < -0.39 is 0 Å². The number of nitrogens with one attached hydrogen (secondary N) is 2. The van der Waals surface area contributed by atoms with E-state index >= 15 is 0 Å². The van der Waals surface area contributed by atoms with E-state index in [0.717, 1.165) is 30.7 Å². The van der Waals surface area contributed by atoms with Crippen LogP contribution in [-0.2, 0) is 0 Å². The first-order chi connectivity index (χ1) is 8.67. The van der Waals surface area contributed by atoms with Gasteiger partial charge in [-0.25, -0.2) is 0 Å². The average molecular weight is 268 g/mol. The Labute approximate surface area is 111 Å². The zero-order valence-electron chi connectivity index (χ0n) is 10.8. The zero-order valence-corrected chi connectivity index (χ0v) is 11.6. The molecule has 2 rings (SSSR count). The van der Waals surface area contributed by atoms with Crippen molar-refractivity contribution in [1.29, 1.82) is 0 Å². The molecular formula is C12H20N4OS. The molecule has 1 atom stereocenters. The highest BCUT2D eigenvalue weighted by molar-refractivity contribution is 7.98. The Kier molecular flexibility index (Phi) is 4.16. The predicted octanol–water partition coefficient (Wildman–Crippen LogP) is 1.74. The van der Waals surface area contributed by atoms with E-state index in [9.17, 15) is 4.79 Å². The minimum Gasteiger partial charge on any atom is -0.395 e. The van der Waals surface area contributed by atoms with Crippen molar-refractivity contribution in [3.8, 4) is 0 Å². The van der Waals surface area contributed by atoms with Gasteiger partial charge in [0.25, 0.3) is 5.91 Å². The van der Waals surface area contributed by atoms with Crippen molar-refractivity contribution < 1.29 is 4.79 Å². The van der Waals surface area contributed by atoms with E-state index in [-0.39, 0.29) is 11.9 Å². The highest BCUT2D eigenvalue weighted by Gasteiger charge is 2.30. The van der Waals surface area contributed by atoms with Gasteiger partial charge in [-0.3, -0.25) is 9.89 Å². The molecule has 0 aromatic carbocycles. The Bertz CT molecular complexity index is 428. The zero-order chi connectivity index (χ0) is 13.1. The van der Waals surface area contributed by atoms with Crippen molar-refractivity contribution in [2.45, 2.75) is 38.1 Å². The Morgan fingerprint density at radius 1 is 1.67 bits per heavy atom. The molecule has 100 valence electrons. The molecule has 1 fully saturated rings. The van der Waals surface area contributed by atoms with Crippen LogP contribution in [0.3, 0.4) is 0 Å². The van der Waals surface area contributed by atoms with Crippen molar-refractivity contribution in [3.63, 3.8) is 0 Å². The standard InChI is InChI=1S/C12H20N4OS/c1-3-8(6-18-2)14-12(17)11-9(13)10(15-16-11)7-4-5-7/h7-8H,3-6,13H2,1-2H3,(H,14,17)(H,15,16). The van der Waals surface area contributed by atoms with Gasteiger partial charge in [-0.1, -0.05) is 6.92 Å². The molecule has 1 amide bonds. The van der Waals surface area contributed by atoms with Gasteiger partial charge in [0, 0.05) is 17.7 Å². The van der Waals surface area contributed by atoms with Crippen LogP contribution in [0, 0.1) is 0 Å². The van der Waals surface area contributed by atoms with Crippen LogP contribution in [0.25, 0.3) is 0 Å². The number of aromatic nitrogens is 2. The molecule has 0 radical (unpaired) electrons. The van der Waals surface area contributed by atoms with Crippen LogP contribution < -0.4 is 11.1 Å². The fourth-order valence-electron chi connectivity index (χ4n) is 1.94. The minimum absolute atomic E-state index is 0.170. The van der Waals surface area contributed by atoms with Gasteiger partial charge in [0.15, 0.2) is 5.69 Å². The average Bonchev–Trinajstić information content (AvgIpc) is 3.12. The van der Waals surface area contributed by atoms with E-state index in [4.69, 9.17) is 5.73 Å². The van der Waals surface area contributed by atoms with Gasteiger partial charge in [0.2, 0.25) is 0 Å². The summed E-state index contributed by atoms with van der Waals surface area (Å²) in [5.74, 6) is 1.21. The molecule has 6 heteroatoms. The first-order valence-corrected chi connectivity index (χ1v) is 7.70. The summed E-state index contributed by atoms with van der Waals surface area (Å²) in [6.07, 6.45) is 5.21. The topological polar surface area (TPSA) is 83.8 Å². The molecule has 5 nitrogen and oxygen atoms in total. The quantitative estimate of drug-likeness (QED) is 0.734. The fraction of sp³-hybridized carbons (Fsp3) is 0.667. The lowest BCUT2D eigenvalue weighted by atomic mass is 10.2. The minimum atomic E-state index is -0.170. The number of amides is 1. The Morgan fingerprint density at radius 2 is 2.39 bits per heavy atom. The number of aromatic amines is 1. The summed E-state index contributed by atoms with van der Waals surface area (Å²) in [4.78, 5) is 12.1. The highest BCUT2D eigenvalue weighted by Crippen LogP contribution is 2.42. The molecular weight excluding hydrogens is 248 g/mol. The van der Waals surface area contributed by atoms with Crippen molar-refractivity contribution >= 4 is 23.4 Å². The SMILES string of the molecule is CCC(CSC)NC(=O)c1n[nH]c(C2CC2)c1N. The maximum absolute atomic E-state index is 12.1. The lowest BCUT2D eigenvalue weighted by Gasteiger charge is -2.14. The van der Waals surface area contributed by atoms with Crippen LogP contribution in [0.5, 0.6) is 0 Å². The van der Waals surface area contributed by atoms with Gasteiger partial charge in [-0.05, 0) is 25.5 Å². The monoisotopic (exact) mass is 268 g/mol. The Balaban J connectivity index is 2.04. The van der Waals surface area contributed by atoms with Crippen molar-refractivity contribution in [3.05, 3.63) is 11.4 Å². The van der Waals surface area contributed by atoms with Crippen molar-refractivity contribution in [1.82, 2.24) is 15.5 Å². The molecule has 1 unspecified atom stereocenters. The number of nitrogens with zero attached hydrogens (tertiary/aromatic N) is 1. The van der Waals surface area contributed by atoms with Crippen LogP contribution in [0.1, 0.15) is 48.3 Å². The number of carbonyl (C=O) groups excluding carboxylic acids is 1. The second kappa shape index (κ2) is 5.65. The summed E-state index contributed by atoms with van der Waals surface area (Å²) in [5, 5.41) is 9.93. The van der Waals surface area contributed by atoms with Gasteiger partial charge in [-0.2, -0.15) is 16.9 Å². The van der Waals surface area contributed by atoms with Crippen LogP contribution in [0.2, 0.25) is 0 Å². The molecule has 0 aliphatic heterocycles. The first kappa shape index (κ1) is 13.3. The third-order valence-electron chi connectivity index (χ3n) is 3.23. The van der Waals surface area contributed by atoms with E-state index in [1.54, 1.807) is 11.8 Å². The van der Waals surface area contributed by atoms with Crippen LogP contribution in [-0.4, -0.2) is 34.2 Å². The maximum Gasteiger partial charge on any atom is 0.274 e. The summed E-state index contributed by atoms with van der Waals surface area (Å²) in [7, 11) is 0. The van der Waals surface area contributed by atoms with Crippen LogP contribution in [0.15, 0.2) is 0 Å². The molecule has 1 aromatic rings. The predicted molar refractivity (Wildman–Crippen MR) is 74.9 cm³/mol. The molecule has 18 heavy (non-hydrogen) atoms. The summed E-state index contributed by atoms with van der Waals surface area (Å²) in [6.45, 7) is 2.06. The third kappa shape index (κ3) is 2.80. The van der Waals surface area contributed by atoms with Gasteiger partial charge < -0.3 is 11.1 Å². The molecule has 1 heterocycles. The number of hydrogen-bond acceptors (Lipinski definition) is 4. The van der Waals surface area contributed by atoms with E-state index in [0.29, 0.717) is 17.3 Å². The molecule has 1 aliphatic rings. The van der Waals surface area contributed by atoms with Crippen molar-refractivity contribution in [2.75, 3.05) is 17.7 Å². The number of rotatable bonds is 6. The second-order valence-electron chi connectivity index (χ2n) is 4.71. The summed E-state index contributed by atoms with van der Waals surface area (Å²) < 4.78 is 0. The number of thioether (sulfide) groups is 1. The first-order valence-electron chi connectivity index (χ1n) is 6.30. The Hall–Kier alpha value is -1.17. The Morgan fingerprint density at radius 3 is 2.94 bits per heavy atom. The number of H-pyrrole nitrogens is 1. The highest BCUT2D eigenvalue weighted by atomic mass is 32.2. The third-order valence-corrected chi connectivity index (χ3v) is 3.97. The van der Waals surface area contributed by atoms with Gasteiger partial charge in [0.05, 0.1) is 11.4 Å². The van der Waals surface area contributed by atoms with E-state index in [1.165, 1.54) is 0 Å². The lowest BCUT2D eigenvalue weighted by Crippen LogP contribution is -2.36. The molecule has 0 spiro atoms. The number of anilines is 1. The van der Waals surface area contributed by atoms with E-state index in [1.807, 2.05) is 6.26 Å². The van der Waals surface area contributed by atoms with Gasteiger partial charge in [-0.15, -0.1) is 0 Å². The molecule has 1 aliphatic carbocycles. The van der Waals surface area contributed by atoms with Gasteiger partial charge in [0.1, 0.15) is 0 Å². The summed E-state index contributed by atoms with van der Waals surface area (Å²) >= 11 is 1.72. The van der Waals surface area contributed by atoms with Crippen LogP contribution in [0.4, 0.5) is 5.69 Å². The molecule has 0 saturated heterocycles. The summed E-state index contributed by atoms with van der Waals surface area (Å²) in [5.41, 5.74) is 7.77. The smallest absolute Gasteiger partial charge is 0.274 e. The summed E-state index contributed by atoms with van der Waals surface area (Å²) in [6, 6.07) is 0.174. The number of nitrogen functional groups attached to an aromatic ring is 1. The fourth-order valence-corrected chi connectivity index (χ4v) is 2.66. The second-order valence-corrected chi connectivity index (χ2v) is 5.62. The molecule has 1 saturated carbocycles. The largest absolute Gasteiger partial charge is 0.395 e. The maximum atomic E-state index is 12.1. The van der Waals surface area contributed by atoms with Gasteiger partial charge >= 0.3 is 0 Å². The lowest BCUT2D eigenvalue weighted by molar-refractivity contribution is 0.0936. The molecule has 4 N–H and O–H groups in total. The number of nitrogens with two attached hydrogens (primary N) is 1. The number of carbonyl (C=O) groups is 1. The normalized spacial score (nSPS) is 16.6. The molecule has 0 bridgehead atoms. The van der Waals surface area contributed by atoms with Crippen molar-refractivity contribution in [2.24, 2.45) is 0 Å². The van der Waals surface area contributed by atoms with Crippen LogP contribution >= 0.6 is 11.8 Å². The number of hydrogen-bond donors (Lipinski definition) is 3.